The van der Waals surface area contributed by atoms with E-state index in [-0.39, 0.29) is 42.0 Å². The summed E-state index contributed by atoms with van der Waals surface area (Å²) in [6.45, 7) is 1.76. The van der Waals surface area contributed by atoms with Gasteiger partial charge in [-0.15, -0.1) is 0 Å². The molecule has 3 aromatic rings. The van der Waals surface area contributed by atoms with Gasteiger partial charge in [0.1, 0.15) is 23.1 Å². The number of hydrogen-bond acceptors (Lipinski definition) is 7. The van der Waals surface area contributed by atoms with E-state index in [0.29, 0.717) is 17.0 Å². The number of aromatic nitrogens is 4. The summed E-state index contributed by atoms with van der Waals surface area (Å²) >= 11 is 0. The molecule has 0 saturated carbocycles. The second-order valence-corrected chi connectivity index (χ2v) is 7.30. The number of rotatable bonds is 6. The number of nitrogens with one attached hydrogen (secondary N) is 1. The molecular weight excluding hydrogens is 405 g/mol. The molecule has 2 aromatic heterocycles. The molecule has 160 valence electrons. The molecule has 0 spiro atoms. The summed E-state index contributed by atoms with van der Waals surface area (Å²) in [6.07, 6.45) is 0. The summed E-state index contributed by atoms with van der Waals surface area (Å²) in [5.74, 6) is -1.66. The molecule has 1 aliphatic rings. The van der Waals surface area contributed by atoms with Crippen LogP contribution in [0.2, 0.25) is 0 Å². The largest absolute Gasteiger partial charge is 0.383 e. The van der Waals surface area contributed by atoms with Gasteiger partial charge in [-0.1, -0.05) is 18.2 Å². The lowest BCUT2D eigenvalue weighted by atomic mass is 9.84. The summed E-state index contributed by atoms with van der Waals surface area (Å²) in [5, 5.41) is 7.01. The zero-order valence-corrected chi connectivity index (χ0v) is 16.8. The van der Waals surface area contributed by atoms with Gasteiger partial charge in [0.05, 0.1) is 24.4 Å². The number of nitrogens with zero attached hydrogens (tertiary/aromatic N) is 4. The van der Waals surface area contributed by atoms with E-state index >= 15 is 0 Å². The highest BCUT2D eigenvalue weighted by Crippen LogP contribution is 2.40. The van der Waals surface area contributed by atoms with Gasteiger partial charge in [-0.05, 0) is 19.1 Å². The third-order valence-electron chi connectivity index (χ3n) is 5.28. The van der Waals surface area contributed by atoms with E-state index in [1.54, 1.807) is 28.9 Å². The second kappa shape index (κ2) is 7.43. The number of nitrogen functional groups attached to an aromatic ring is 1. The van der Waals surface area contributed by atoms with E-state index in [1.165, 1.54) is 20.1 Å². The molecule has 0 fully saturated rings. The van der Waals surface area contributed by atoms with Gasteiger partial charge in [-0.3, -0.25) is 14.3 Å². The minimum absolute atomic E-state index is 0.0587. The average molecular weight is 425 g/mol. The number of fused-ring (bicyclic) bond motifs is 1. The van der Waals surface area contributed by atoms with Gasteiger partial charge < -0.3 is 21.5 Å². The molecule has 0 bridgehead atoms. The molecule has 3 heterocycles. The van der Waals surface area contributed by atoms with E-state index in [1.807, 2.05) is 0 Å². The highest BCUT2D eigenvalue weighted by atomic mass is 19.1. The van der Waals surface area contributed by atoms with Gasteiger partial charge >= 0.3 is 0 Å². The summed E-state index contributed by atoms with van der Waals surface area (Å²) in [4.78, 5) is 32.9. The molecular formula is C20H20FN7O3. The lowest BCUT2D eigenvalue weighted by molar-refractivity contribution is -0.131. The van der Waals surface area contributed by atoms with Crippen molar-refractivity contribution < 1.29 is 18.7 Å². The molecule has 10 nitrogen and oxygen atoms in total. The van der Waals surface area contributed by atoms with Gasteiger partial charge in [0.15, 0.2) is 11.2 Å². The van der Waals surface area contributed by atoms with Gasteiger partial charge in [-0.2, -0.15) is 5.10 Å². The Hall–Kier alpha value is -3.86. The lowest BCUT2D eigenvalue weighted by Gasteiger charge is -2.18. The van der Waals surface area contributed by atoms with Crippen LogP contribution in [0.15, 0.2) is 30.3 Å². The number of carbonyl (C=O) groups excluding carboxylic acids is 2. The number of carbonyl (C=O) groups is 2. The number of primary amides is 1. The van der Waals surface area contributed by atoms with Crippen LogP contribution in [0.1, 0.15) is 23.7 Å². The Labute approximate surface area is 176 Å². The van der Waals surface area contributed by atoms with Crippen molar-refractivity contribution in [2.45, 2.75) is 25.5 Å². The van der Waals surface area contributed by atoms with Crippen LogP contribution in [0.4, 0.5) is 16.0 Å². The zero-order chi connectivity index (χ0) is 22.3. The van der Waals surface area contributed by atoms with Crippen molar-refractivity contribution in [3.63, 3.8) is 0 Å². The molecule has 1 aromatic carbocycles. The van der Waals surface area contributed by atoms with Crippen LogP contribution < -0.4 is 16.8 Å². The van der Waals surface area contributed by atoms with E-state index in [2.05, 4.69) is 20.4 Å². The van der Waals surface area contributed by atoms with Crippen molar-refractivity contribution in [1.29, 1.82) is 0 Å². The molecule has 0 aliphatic carbocycles. The van der Waals surface area contributed by atoms with Crippen molar-refractivity contribution in [3.8, 4) is 11.5 Å². The number of nitrogens with two attached hydrogens (primary N) is 2. The maximum atomic E-state index is 14.1. The number of methoxy groups -OCH3 is 1. The topological polar surface area (TPSA) is 151 Å². The van der Waals surface area contributed by atoms with Crippen molar-refractivity contribution >= 4 is 23.5 Å². The minimum Gasteiger partial charge on any atom is -0.383 e. The molecule has 0 radical (unpaired) electrons. The molecule has 31 heavy (non-hydrogen) atoms. The molecule has 1 aliphatic heterocycles. The molecule has 0 saturated heterocycles. The average Bonchev–Trinajstić information content (AvgIpc) is 3.23. The zero-order valence-electron chi connectivity index (χ0n) is 16.8. The van der Waals surface area contributed by atoms with Crippen molar-refractivity contribution in [2.75, 3.05) is 18.2 Å². The first kappa shape index (κ1) is 20.4. The normalized spacial score (nSPS) is 17.5. The first-order valence-electron chi connectivity index (χ1n) is 9.34. The Morgan fingerprint density at radius 2 is 2.06 bits per heavy atom. The van der Waals surface area contributed by atoms with Gasteiger partial charge in [0.2, 0.25) is 11.8 Å². The molecule has 11 heteroatoms. The lowest BCUT2D eigenvalue weighted by Crippen LogP contribution is -2.44. The maximum Gasteiger partial charge on any atom is 0.245 e. The van der Waals surface area contributed by atoms with Gasteiger partial charge in [0, 0.05) is 12.7 Å². The van der Waals surface area contributed by atoms with E-state index in [0.717, 1.165) is 0 Å². The predicted octanol–water partition coefficient (Wildman–Crippen LogP) is 0.951. The molecule has 1 atom stereocenters. The Balaban J connectivity index is 1.77. The quantitative estimate of drug-likeness (QED) is 0.497. The number of anilines is 2. The number of benzene rings is 1. The van der Waals surface area contributed by atoms with Gasteiger partial charge in [0.25, 0.3) is 0 Å². The second-order valence-electron chi connectivity index (χ2n) is 7.30. The highest BCUT2D eigenvalue weighted by molar-refractivity contribution is 6.20. The number of halogens is 1. The summed E-state index contributed by atoms with van der Waals surface area (Å²) in [6, 6.07) is 8.08. The van der Waals surface area contributed by atoms with Crippen LogP contribution in [0, 0.1) is 5.82 Å². The molecule has 4 rings (SSSR count). The van der Waals surface area contributed by atoms with Crippen LogP contribution in [0.25, 0.3) is 11.5 Å². The van der Waals surface area contributed by atoms with Crippen LogP contribution in [0.5, 0.6) is 0 Å². The fourth-order valence-electron chi connectivity index (χ4n) is 3.51. The molecule has 5 N–H and O–H groups in total. The highest BCUT2D eigenvalue weighted by Gasteiger charge is 2.51. The van der Waals surface area contributed by atoms with Crippen LogP contribution >= 0.6 is 0 Å². The van der Waals surface area contributed by atoms with Gasteiger partial charge in [-0.25, -0.2) is 14.4 Å². The van der Waals surface area contributed by atoms with Crippen molar-refractivity contribution in [1.82, 2.24) is 19.7 Å². The van der Waals surface area contributed by atoms with E-state index in [4.69, 9.17) is 16.2 Å². The van der Waals surface area contributed by atoms with E-state index in [9.17, 15) is 14.0 Å². The van der Waals surface area contributed by atoms with Crippen molar-refractivity contribution in [2.24, 2.45) is 5.73 Å². The Bertz CT molecular complexity index is 1210. The summed E-state index contributed by atoms with van der Waals surface area (Å²) in [7, 11) is 1.53. The smallest absolute Gasteiger partial charge is 0.245 e. The third-order valence-corrected chi connectivity index (χ3v) is 5.28. The Kier molecular flexibility index (Phi) is 4.90. The first-order chi connectivity index (χ1) is 14.8. The number of hydrogen-bond donors (Lipinski definition) is 3. The number of amides is 2. The minimum atomic E-state index is -1.66. The Morgan fingerprint density at radius 3 is 2.74 bits per heavy atom. The van der Waals surface area contributed by atoms with Crippen LogP contribution in [-0.2, 0) is 32.9 Å². The maximum absolute atomic E-state index is 14.1. The van der Waals surface area contributed by atoms with E-state index < -0.39 is 17.2 Å². The van der Waals surface area contributed by atoms with Crippen molar-refractivity contribution in [3.05, 3.63) is 53.0 Å². The Morgan fingerprint density at radius 1 is 1.32 bits per heavy atom. The summed E-state index contributed by atoms with van der Waals surface area (Å²) in [5.41, 5.74) is 11.4. The number of ether oxygens (including phenoxy) is 1. The standard InChI is InChI=1S/C20H20FN7O3/c1-20(18(23)29)14-15(22)24-16(25-17(14)26-19(20)30)13-7-11(9-31-2)28(27-13)8-10-5-3-4-6-12(10)21/h3-7H,8-9H2,1-2H3,(H2,23,29)(H3,22,24,25,26,30). The third kappa shape index (κ3) is 3.28. The van der Waals surface area contributed by atoms with Crippen LogP contribution in [-0.4, -0.2) is 38.7 Å². The fourth-order valence-corrected chi connectivity index (χ4v) is 3.51. The fraction of sp³-hybridized carbons (Fsp3) is 0.250. The monoisotopic (exact) mass is 425 g/mol. The van der Waals surface area contributed by atoms with Crippen LogP contribution in [0.3, 0.4) is 0 Å². The SMILES string of the molecule is COCc1cc(-c2nc(N)c3c(n2)NC(=O)C3(C)C(N)=O)nn1Cc1ccccc1F. The molecule has 1 unspecified atom stereocenters. The first-order valence-corrected chi connectivity index (χ1v) is 9.34. The molecule has 2 amide bonds. The predicted molar refractivity (Wildman–Crippen MR) is 109 cm³/mol. The summed E-state index contributed by atoms with van der Waals surface area (Å²) < 4.78 is 20.9.